The minimum absolute atomic E-state index is 0.125. The molecule has 2 aliphatic heterocycles. The maximum Gasteiger partial charge on any atom is 0.409 e. The highest BCUT2D eigenvalue weighted by Gasteiger charge is 2.29. The van der Waals surface area contributed by atoms with Crippen molar-refractivity contribution in [3.63, 3.8) is 0 Å². The molecule has 20 heavy (non-hydrogen) atoms. The van der Waals surface area contributed by atoms with Gasteiger partial charge >= 0.3 is 12.1 Å². The summed E-state index contributed by atoms with van der Waals surface area (Å²) in [6, 6.07) is 0.125. The van der Waals surface area contributed by atoms with Crippen molar-refractivity contribution in [2.24, 2.45) is 5.92 Å². The molecular formula is C14H25N3O3. The number of nitrogens with zero attached hydrogens (tertiary/aromatic N) is 3. The van der Waals surface area contributed by atoms with Crippen LogP contribution in [0.3, 0.4) is 0 Å². The van der Waals surface area contributed by atoms with Crippen molar-refractivity contribution in [2.45, 2.75) is 26.7 Å². The Balaban J connectivity index is 1.81. The minimum atomic E-state index is -0.272. The maximum absolute atomic E-state index is 12.4. The number of carbonyl (C=O) groups excluding carboxylic acids is 2. The molecule has 0 bridgehead atoms. The van der Waals surface area contributed by atoms with Crippen LogP contribution in [0.25, 0.3) is 0 Å². The van der Waals surface area contributed by atoms with Crippen molar-refractivity contribution in [2.75, 3.05) is 45.9 Å². The molecule has 2 saturated heterocycles. The summed E-state index contributed by atoms with van der Waals surface area (Å²) in [6.45, 7) is 8.43. The highest BCUT2D eigenvalue weighted by atomic mass is 16.6. The van der Waals surface area contributed by atoms with E-state index >= 15 is 0 Å². The zero-order valence-corrected chi connectivity index (χ0v) is 12.5. The van der Waals surface area contributed by atoms with E-state index in [9.17, 15) is 9.59 Å². The summed E-state index contributed by atoms with van der Waals surface area (Å²) in [5.74, 6) is 0.591. The molecule has 1 atom stereocenters. The van der Waals surface area contributed by atoms with Crippen LogP contribution in [0.5, 0.6) is 0 Å². The van der Waals surface area contributed by atoms with Crippen molar-refractivity contribution < 1.29 is 14.3 Å². The van der Waals surface area contributed by atoms with Crippen LogP contribution in [0.2, 0.25) is 0 Å². The normalized spacial score (nSPS) is 23.7. The van der Waals surface area contributed by atoms with Crippen molar-refractivity contribution in [1.82, 2.24) is 14.7 Å². The second kappa shape index (κ2) is 6.81. The number of rotatable bonds is 1. The fourth-order valence-electron chi connectivity index (χ4n) is 2.86. The van der Waals surface area contributed by atoms with E-state index in [0.29, 0.717) is 38.7 Å². The Kier molecular flexibility index (Phi) is 5.09. The van der Waals surface area contributed by atoms with Crippen molar-refractivity contribution in [3.05, 3.63) is 0 Å². The molecule has 0 radical (unpaired) electrons. The lowest BCUT2D eigenvalue weighted by molar-refractivity contribution is 0.0749. The van der Waals surface area contributed by atoms with E-state index in [-0.39, 0.29) is 12.1 Å². The standard InChI is InChI=1S/C14H25N3O3/c1-3-20-14(19)16-9-7-15(8-10-16)13(18)17-6-4-5-12(2)11-17/h12H,3-11H2,1-2H3. The topological polar surface area (TPSA) is 53.1 Å². The molecule has 0 saturated carbocycles. The summed E-state index contributed by atoms with van der Waals surface area (Å²) in [5, 5.41) is 0. The van der Waals surface area contributed by atoms with Crippen LogP contribution in [0.1, 0.15) is 26.7 Å². The first-order valence-electron chi connectivity index (χ1n) is 7.57. The first kappa shape index (κ1) is 14.9. The van der Waals surface area contributed by atoms with Gasteiger partial charge in [-0.3, -0.25) is 0 Å². The summed E-state index contributed by atoms with van der Waals surface area (Å²) in [7, 11) is 0. The molecule has 0 aromatic rings. The van der Waals surface area contributed by atoms with E-state index in [1.807, 2.05) is 9.80 Å². The van der Waals surface area contributed by atoms with Gasteiger partial charge in [0.05, 0.1) is 6.61 Å². The third kappa shape index (κ3) is 3.55. The Morgan fingerprint density at radius 1 is 1.05 bits per heavy atom. The molecule has 114 valence electrons. The maximum atomic E-state index is 12.4. The summed E-state index contributed by atoms with van der Waals surface area (Å²) in [6.07, 6.45) is 2.03. The zero-order chi connectivity index (χ0) is 14.5. The van der Waals surface area contributed by atoms with Gasteiger partial charge in [0.1, 0.15) is 0 Å². The fraction of sp³-hybridized carbons (Fsp3) is 0.857. The van der Waals surface area contributed by atoms with E-state index in [2.05, 4.69) is 6.92 Å². The van der Waals surface area contributed by atoms with E-state index in [1.165, 1.54) is 6.42 Å². The second-order valence-electron chi connectivity index (χ2n) is 5.65. The van der Waals surface area contributed by atoms with Gasteiger partial charge in [-0.2, -0.15) is 0 Å². The van der Waals surface area contributed by atoms with Crippen LogP contribution in [0.4, 0.5) is 9.59 Å². The number of hydrogen-bond donors (Lipinski definition) is 0. The Morgan fingerprint density at radius 2 is 1.70 bits per heavy atom. The van der Waals surface area contributed by atoms with E-state index in [0.717, 1.165) is 19.5 Å². The highest BCUT2D eigenvalue weighted by molar-refractivity contribution is 5.75. The van der Waals surface area contributed by atoms with Gasteiger partial charge in [0.25, 0.3) is 0 Å². The number of likely N-dealkylation sites (tertiary alicyclic amines) is 1. The van der Waals surface area contributed by atoms with Crippen molar-refractivity contribution >= 4 is 12.1 Å². The molecular weight excluding hydrogens is 258 g/mol. The van der Waals surface area contributed by atoms with Gasteiger partial charge in [-0.25, -0.2) is 9.59 Å². The van der Waals surface area contributed by atoms with Crippen LogP contribution in [0.15, 0.2) is 0 Å². The summed E-state index contributed by atoms with van der Waals surface area (Å²) in [5.41, 5.74) is 0. The van der Waals surface area contributed by atoms with Crippen LogP contribution >= 0.6 is 0 Å². The molecule has 6 heteroatoms. The quantitative estimate of drug-likeness (QED) is 0.734. The average molecular weight is 283 g/mol. The van der Waals surface area contributed by atoms with Gasteiger partial charge in [-0.05, 0) is 25.7 Å². The van der Waals surface area contributed by atoms with E-state index in [1.54, 1.807) is 11.8 Å². The number of carbonyl (C=O) groups is 2. The minimum Gasteiger partial charge on any atom is -0.450 e. The molecule has 0 aromatic heterocycles. The average Bonchev–Trinajstić information content (AvgIpc) is 2.47. The van der Waals surface area contributed by atoms with E-state index in [4.69, 9.17) is 4.74 Å². The predicted molar refractivity (Wildman–Crippen MR) is 75.5 cm³/mol. The Bertz CT molecular complexity index is 354. The van der Waals surface area contributed by atoms with E-state index < -0.39 is 0 Å². The molecule has 2 rings (SSSR count). The van der Waals surface area contributed by atoms with Gasteiger partial charge in [-0.15, -0.1) is 0 Å². The summed E-state index contributed by atoms with van der Waals surface area (Å²) < 4.78 is 4.98. The molecule has 2 fully saturated rings. The van der Waals surface area contributed by atoms with Gasteiger partial charge in [0.2, 0.25) is 0 Å². The van der Waals surface area contributed by atoms with Crippen LogP contribution in [-0.4, -0.2) is 72.7 Å². The number of hydrogen-bond acceptors (Lipinski definition) is 3. The summed E-state index contributed by atoms with van der Waals surface area (Å²) >= 11 is 0. The molecule has 3 amide bonds. The fourth-order valence-corrected chi connectivity index (χ4v) is 2.86. The number of piperazine rings is 1. The molecule has 2 heterocycles. The lowest BCUT2D eigenvalue weighted by atomic mass is 10.0. The largest absolute Gasteiger partial charge is 0.450 e. The molecule has 2 aliphatic rings. The smallest absolute Gasteiger partial charge is 0.409 e. The van der Waals surface area contributed by atoms with Gasteiger partial charge in [0, 0.05) is 39.3 Å². The van der Waals surface area contributed by atoms with Crippen LogP contribution in [-0.2, 0) is 4.74 Å². The molecule has 6 nitrogen and oxygen atoms in total. The Morgan fingerprint density at radius 3 is 2.30 bits per heavy atom. The number of piperidine rings is 1. The number of urea groups is 1. The SMILES string of the molecule is CCOC(=O)N1CCN(C(=O)N2CCCC(C)C2)CC1. The molecule has 0 aliphatic carbocycles. The van der Waals surface area contributed by atoms with Crippen LogP contribution < -0.4 is 0 Å². The van der Waals surface area contributed by atoms with Crippen LogP contribution in [0, 0.1) is 5.92 Å². The zero-order valence-electron chi connectivity index (χ0n) is 12.5. The molecule has 0 spiro atoms. The molecule has 1 unspecified atom stereocenters. The van der Waals surface area contributed by atoms with Crippen molar-refractivity contribution in [3.8, 4) is 0 Å². The predicted octanol–water partition coefficient (Wildman–Crippen LogP) is 1.61. The monoisotopic (exact) mass is 283 g/mol. The van der Waals surface area contributed by atoms with Gasteiger partial charge < -0.3 is 19.4 Å². The molecule has 0 aromatic carbocycles. The lowest BCUT2D eigenvalue weighted by Gasteiger charge is -2.39. The third-order valence-corrected chi connectivity index (χ3v) is 4.00. The van der Waals surface area contributed by atoms with Gasteiger partial charge in [0.15, 0.2) is 0 Å². The summed E-state index contributed by atoms with van der Waals surface area (Å²) in [4.78, 5) is 29.5. The Labute approximate surface area is 120 Å². The third-order valence-electron chi connectivity index (χ3n) is 4.00. The first-order chi connectivity index (χ1) is 9.61. The number of ether oxygens (including phenoxy) is 1. The van der Waals surface area contributed by atoms with Gasteiger partial charge in [-0.1, -0.05) is 6.92 Å². The highest BCUT2D eigenvalue weighted by Crippen LogP contribution is 2.17. The molecule has 0 N–H and O–H groups in total. The van der Waals surface area contributed by atoms with Crippen molar-refractivity contribution in [1.29, 1.82) is 0 Å². The first-order valence-corrected chi connectivity index (χ1v) is 7.57. The Hall–Kier alpha value is -1.46. The lowest BCUT2D eigenvalue weighted by Crippen LogP contribution is -2.55. The second-order valence-corrected chi connectivity index (χ2v) is 5.65. The number of amides is 3.